The predicted octanol–water partition coefficient (Wildman–Crippen LogP) is 2.86. The van der Waals surface area contributed by atoms with E-state index in [1.807, 2.05) is 17.2 Å². The molecule has 1 aromatic heterocycles. The van der Waals surface area contributed by atoms with Gasteiger partial charge in [0.15, 0.2) is 5.13 Å². The number of rotatable bonds is 1. The van der Waals surface area contributed by atoms with Crippen LogP contribution in [0.5, 0.6) is 0 Å². The van der Waals surface area contributed by atoms with Crippen LogP contribution in [0.1, 0.15) is 31.4 Å². The van der Waals surface area contributed by atoms with E-state index in [0.717, 1.165) is 31.6 Å². The number of hydrogen-bond donors (Lipinski definition) is 1. The molecule has 4 nitrogen and oxygen atoms in total. The van der Waals surface area contributed by atoms with E-state index >= 15 is 0 Å². The Morgan fingerprint density at radius 2 is 2.06 bits per heavy atom. The van der Waals surface area contributed by atoms with E-state index in [1.165, 1.54) is 24.2 Å². The van der Waals surface area contributed by atoms with Crippen LogP contribution in [0, 0.1) is 6.92 Å². The molecule has 0 unspecified atom stereocenters. The Morgan fingerprint density at radius 1 is 1.38 bits per heavy atom. The van der Waals surface area contributed by atoms with Crippen molar-refractivity contribution in [2.24, 2.45) is 0 Å². The molecule has 0 bridgehead atoms. The SMILES string of the molecule is Cc1csc(NC(=O)N2CCCCCC2)n1. The van der Waals surface area contributed by atoms with Gasteiger partial charge in [-0.2, -0.15) is 0 Å². The highest BCUT2D eigenvalue weighted by Gasteiger charge is 2.16. The zero-order chi connectivity index (χ0) is 11.4. The van der Waals surface area contributed by atoms with E-state index in [-0.39, 0.29) is 6.03 Å². The minimum absolute atomic E-state index is 0.00347. The summed E-state index contributed by atoms with van der Waals surface area (Å²) in [4.78, 5) is 18.0. The number of urea groups is 1. The van der Waals surface area contributed by atoms with Crippen molar-refractivity contribution in [1.82, 2.24) is 9.88 Å². The summed E-state index contributed by atoms with van der Waals surface area (Å²) in [6.45, 7) is 3.67. The van der Waals surface area contributed by atoms with Gasteiger partial charge >= 0.3 is 6.03 Å². The first-order chi connectivity index (χ1) is 7.75. The molecule has 16 heavy (non-hydrogen) atoms. The molecule has 0 radical (unpaired) electrons. The lowest BCUT2D eigenvalue weighted by Crippen LogP contribution is -2.35. The van der Waals surface area contributed by atoms with Gasteiger partial charge in [0, 0.05) is 18.5 Å². The van der Waals surface area contributed by atoms with Gasteiger partial charge in [0.2, 0.25) is 0 Å². The zero-order valence-electron chi connectivity index (χ0n) is 9.53. The number of aromatic nitrogens is 1. The van der Waals surface area contributed by atoms with Crippen LogP contribution in [0.3, 0.4) is 0 Å². The molecule has 2 amide bonds. The lowest BCUT2D eigenvalue weighted by Gasteiger charge is -2.19. The molecule has 2 rings (SSSR count). The molecule has 0 aromatic carbocycles. The Hall–Kier alpha value is -1.10. The minimum atomic E-state index is -0.00347. The van der Waals surface area contributed by atoms with Crippen LogP contribution in [0.4, 0.5) is 9.93 Å². The van der Waals surface area contributed by atoms with Gasteiger partial charge in [-0.05, 0) is 19.8 Å². The fraction of sp³-hybridized carbons (Fsp3) is 0.636. The van der Waals surface area contributed by atoms with Gasteiger partial charge in [-0.15, -0.1) is 11.3 Å². The highest BCUT2D eigenvalue weighted by atomic mass is 32.1. The monoisotopic (exact) mass is 239 g/mol. The average Bonchev–Trinajstić information content (AvgIpc) is 2.56. The summed E-state index contributed by atoms with van der Waals surface area (Å²) in [7, 11) is 0. The Kier molecular flexibility index (Phi) is 3.77. The van der Waals surface area contributed by atoms with E-state index in [0.29, 0.717) is 5.13 Å². The number of carbonyl (C=O) groups excluding carboxylic acids is 1. The third kappa shape index (κ3) is 2.95. The van der Waals surface area contributed by atoms with E-state index in [4.69, 9.17) is 0 Å². The van der Waals surface area contributed by atoms with Crippen molar-refractivity contribution in [3.05, 3.63) is 11.1 Å². The predicted molar refractivity (Wildman–Crippen MR) is 65.9 cm³/mol. The molecule has 0 saturated carbocycles. The smallest absolute Gasteiger partial charge is 0.323 e. The lowest BCUT2D eigenvalue weighted by atomic mass is 10.2. The lowest BCUT2D eigenvalue weighted by molar-refractivity contribution is 0.214. The van der Waals surface area contributed by atoms with Crippen molar-refractivity contribution in [2.75, 3.05) is 18.4 Å². The van der Waals surface area contributed by atoms with Crippen LogP contribution >= 0.6 is 11.3 Å². The van der Waals surface area contributed by atoms with Gasteiger partial charge < -0.3 is 4.90 Å². The summed E-state index contributed by atoms with van der Waals surface area (Å²) in [5.74, 6) is 0. The first-order valence-electron chi connectivity index (χ1n) is 5.74. The van der Waals surface area contributed by atoms with E-state index in [9.17, 15) is 4.79 Å². The maximum Gasteiger partial charge on any atom is 0.323 e. The number of likely N-dealkylation sites (tertiary alicyclic amines) is 1. The molecule has 2 heterocycles. The molecule has 0 spiro atoms. The summed E-state index contributed by atoms with van der Waals surface area (Å²) in [6, 6.07) is -0.00347. The van der Waals surface area contributed by atoms with Crippen molar-refractivity contribution in [3.8, 4) is 0 Å². The molecule has 0 atom stereocenters. The van der Waals surface area contributed by atoms with Gasteiger partial charge in [-0.25, -0.2) is 9.78 Å². The first kappa shape index (κ1) is 11.4. The second-order valence-corrected chi connectivity index (χ2v) is 4.98. The second kappa shape index (κ2) is 5.30. The number of nitrogens with one attached hydrogen (secondary N) is 1. The highest BCUT2D eigenvalue weighted by Crippen LogP contribution is 2.16. The summed E-state index contributed by atoms with van der Waals surface area (Å²) in [6.07, 6.45) is 4.70. The number of nitrogens with zero attached hydrogens (tertiary/aromatic N) is 2. The maximum atomic E-state index is 11.9. The van der Waals surface area contributed by atoms with Gasteiger partial charge in [-0.1, -0.05) is 12.8 Å². The summed E-state index contributed by atoms with van der Waals surface area (Å²) in [5, 5.41) is 5.50. The number of aryl methyl sites for hydroxylation is 1. The summed E-state index contributed by atoms with van der Waals surface area (Å²) >= 11 is 1.48. The van der Waals surface area contributed by atoms with Gasteiger partial charge in [-0.3, -0.25) is 5.32 Å². The van der Waals surface area contributed by atoms with Crippen LogP contribution in [0.2, 0.25) is 0 Å². The summed E-state index contributed by atoms with van der Waals surface area (Å²) < 4.78 is 0. The fourth-order valence-electron chi connectivity index (χ4n) is 1.86. The topological polar surface area (TPSA) is 45.2 Å². The van der Waals surface area contributed by atoms with Crippen molar-refractivity contribution in [3.63, 3.8) is 0 Å². The number of amides is 2. The molecule has 1 aliphatic rings. The van der Waals surface area contributed by atoms with Crippen molar-refractivity contribution < 1.29 is 4.79 Å². The molecule has 88 valence electrons. The number of thiazole rings is 1. The quantitative estimate of drug-likeness (QED) is 0.819. The van der Waals surface area contributed by atoms with Crippen LogP contribution < -0.4 is 5.32 Å². The molecule has 1 aromatic rings. The van der Waals surface area contributed by atoms with Crippen molar-refractivity contribution in [1.29, 1.82) is 0 Å². The number of anilines is 1. The molecule has 1 fully saturated rings. The zero-order valence-corrected chi connectivity index (χ0v) is 10.3. The Balaban J connectivity index is 1.91. The van der Waals surface area contributed by atoms with E-state index < -0.39 is 0 Å². The largest absolute Gasteiger partial charge is 0.324 e. The number of carbonyl (C=O) groups is 1. The molecule has 5 heteroatoms. The van der Waals surface area contributed by atoms with Crippen LogP contribution in [0.25, 0.3) is 0 Å². The maximum absolute atomic E-state index is 11.9. The van der Waals surface area contributed by atoms with Gasteiger partial charge in [0.25, 0.3) is 0 Å². The average molecular weight is 239 g/mol. The summed E-state index contributed by atoms with van der Waals surface area (Å²) in [5.41, 5.74) is 0.955. The molecule has 1 aliphatic heterocycles. The molecular weight excluding hydrogens is 222 g/mol. The van der Waals surface area contributed by atoms with Crippen LogP contribution in [0.15, 0.2) is 5.38 Å². The Morgan fingerprint density at radius 3 is 2.62 bits per heavy atom. The first-order valence-corrected chi connectivity index (χ1v) is 6.62. The molecule has 0 aliphatic carbocycles. The highest BCUT2D eigenvalue weighted by molar-refractivity contribution is 7.13. The third-order valence-corrected chi connectivity index (χ3v) is 3.60. The van der Waals surface area contributed by atoms with E-state index in [1.54, 1.807) is 0 Å². The molecule has 1 N–H and O–H groups in total. The number of hydrogen-bond acceptors (Lipinski definition) is 3. The standard InChI is InChI=1S/C11H17N3OS/c1-9-8-16-10(12-9)13-11(15)14-6-4-2-3-5-7-14/h8H,2-7H2,1H3,(H,12,13,15). The fourth-order valence-corrected chi connectivity index (χ4v) is 2.53. The van der Waals surface area contributed by atoms with Crippen molar-refractivity contribution in [2.45, 2.75) is 32.6 Å². The van der Waals surface area contributed by atoms with Gasteiger partial charge in [0.05, 0.1) is 5.69 Å². The molecular formula is C11H17N3OS. The minimum Gasteiger partial charge on any atom is -0.324 e. The van der Waals surface area contributed by atoms with Crippen LogP contribution in [-0.4, -0.2) is 29.0 Å². The van der Waals surface area contributed by atoms with Gasteiger partial charge in [0.1, 0.15) is 0 Å². The molecule has 1 saturated heterocycles. The Bertz CT molecular complexity index is 356. The third-order valence-electron chi connectivity index (χ3n) is 2.73. The Labute approximate surface area is 99.7 Å². The second-order valence-electron chi connectivity index (χ2n) is 4.13. The van der Waals surface area contributed by atoms with Crippen molar-refractivity contribution >= 4 is 22.5 Å². The normalized spacial score (nSPS) is 16.9. The van der Waals surface area contributed by atoms with E-state index in [2.05, 4.69) is 10.3 Å². The van der Waals surface area contributed by atoms with Crippen LogP contribution in [-0.2, 0) is 0 Å².